The predicted molar refractivity (Wildman–Crippen MR) is 139 cm³/mol. The number of nitrogens with zero attached hydrogens (tertiary/aromatic N) is 2. The van der Waals surface area contributed by atoms with Crippen molar-refractivity contribution in [2.45, 2.75) is 24.8 Å². The van der Waals surface area contributed by atoms with Gasteiger partial charge in [0, 0.05) is 35.7 Å². The van der Waals surface area contributed by atoms with E-state index in [1.165, 1.54) is 12.1 Å². The van der Waals surface area contributed by atoms with Crippen molar-refractivity contribution in [3.63, 3.8) is 0 Å². The number of H-pyrrole nitrogens is 1. The summed E-state index contributed by atoms with van der Waals surface area (Å²) >= 11 is 0. The van der Waals surface area contributed by atoms with Crippen LogP contribution in [0.5, 0.6) is 5.75 Å². The van der Waals surface area contributed by atoms with Gasteiger partial charge in [-0.1, -0.05) is 37.3 Å². The number of benzene rings is 3. The van der Waals surface area contributed by atoms with Crippen molar-refractivity contribution in [1.82, 2.24) is 15.1 Å². The quantitative estimate of drug-likeness (QED) is 0.406. The van der Waals surface area contributed by atoms with Gasteiger partial charge in [0.15, 0.2) is 9.84 Å². The zero-order valence-corrected chi connectivity index (χ0v) is 21.3. The molecule has 0 bridgehead atoms. The van der Waals surface area contributed by atoms with Crippen molar-refractivity contribution in [2.24, 2.45) is 0 Å². The minimum atomic E-state index is -3.75. The summed E-state index contributed by atoms with van der Waals surface area (Å²) in [7, 11) is -3.75. The second-order valence-electron chi connectivity index (χ2n) is 8.97. The summed E-state index contributed by atoms with van der Waals surface area (Å²) < 4.78 is 44.9. The molecule has 0 saturated carbocycles. The number of carbonyl (C=O) groups excluding carboxylic acids is 1. The molecule has 1 amide bonds. The molecule has 0 saturated heterocycles. The number of hydrogen-bond acceptors (Lipinski definition) is 5. The highest BCUT2D eigenvalue weighted by Crippen LogP contribution is 2.31. The number of aromatic nitrogens is 2. The zero-order chi connectivity index (χ0) is 26.2. The largest absolute Gasteiger partial charge is 0.491 e. The van der Waals surface area contributed by atoms with Gasteiger partial charge in [-0.15, -0.1) is 0 Å². The third kappa shape index (κ3) is 4.86. The van der Waals surface area contributed by atoms with E-state index in [4.69, 9.17) is 4.74 Å². The van der Waals surface area contributed by atoms with Crippen molar-refractivity contribution in [3.8, 4) is 28.1 Å². The molecule has 4 aromatic rings. The second kappa shape index (κ2) is 9.82. The Balaban J connectivity index is 1.44. The van der Waals surface area contributed by atoms with E-state index in [1.807, 2.05) is 48.5 Å². The number of hydrogen-bond donors (Lipinski definition) is 1. The number of amides is 1. The fraction of sp³-hybridized carbons (Fsp3) is 0.214. The van der Waals surface area contributed by atoms with Crippen molar-refractivity contribution < 1.29 is 22.3 Å². The molecule has 1 aliphatic heterocycles. The molecule has 0 aliphatic carbocycles. The van der Waals surface area contributed by atoms with E-state index in [2.05, 4.69) is 10.2 Å². The van der Waals surface area contributed by atoms with E-state index in [9.17, 15) is 13.2 Å². The lowest BCUT2D eigenvalue weighted by Crippen LogP contribution is -2.33. The van der Waals surface area contributed by atoms with E-state index < -0.39 is 20.5 Å². The van der Waals surface area contributed by atoms with Gasteiger partial charge in [-0.25, -0.2) is 12.8 Å². The van der Waals surface area contributed by atoms with Crippen molar-refractivity contribution in [3.05, 3.63) is 89.4 Å². The zero-order valence-electron chi connectivity index (χ0n) is 20.5. The third-order valence-corrected chi connectivity index (χ3v) is 7.66. The summed E-state index contributed by atoms with van der Waals surface area (Å²) in [6.07, 6.45) is 2.86. The van der Waals surface area contributed by atoms with Crippen LogP contribution >= 0.6 is 0 Å². The van der Waals surface area contributed by atoms with Gasteiger partial charge in [-0.2, -0.15) is 5.10 Å². The molecule has 7 nitrogen and oxygen atoms in total. The first-order chi connectivity index (χ1) is 17.8. The van der Waals surface area contributed by atoms with Crippen LogP contribution in [0.2, 0.25) is 0 Å². The number of nitrogens with one attached hydrogen (secondary N) is 1. The molecule has 0 unspecified atom stereocenters. The molecular weight excluding hydrogens is 493 g/mol. The molecule has 0 atom stereocenters. The number of fused-ring (bicyclic) bond motifs is 1. The van der Waals surface area contributed by atoms with Crippen LogP contribution < -0.4 is 4.74 Å². The monoisotopic (exact) mass is 519 g/mol. The van der Waals surface area contributed by atoms with Crippen molar-refractivity contribution in [1.29, 1.82) is 0 Å². The number of aromatic amines is 1. The first kappa shape index (κ1) is 24.7. The first-order valence-electron chi connectivity index (χ1n) is 11.9. The Morgan fingerprint density at radius 1 is 1.05 bits per heavy atom. The molecule has 1 N–H and O–H groups in total. The standard InChI is InChI=1S/C28H26FN3O4S/c1-3-22-23(9-11-26(27(22)29)37(2,34)35)28(33)32-14-15-36-25-10-8-20(16-21(25)17-32)18-4-6-19(7-5-18)24-12-13-30-31-24/h4-13,16H,3,14-15,17H2,1-2H3,(H,30,31). The van der Waals surface area contributed by atoms with Crippen LogP contribution in [0.4, 0.5) is 4.39 Å². The van der Waals surface area contributed by atoms with Crippen LogP contribution in [0.1, 0.15) is 28.4 Å². The van der Waals surface area contributed by atoms with Crippen LogP contribution in [0.15, 0.2) is 71.8 Å². The minimum absolute atomic E-state index is 0.101. The molecule has 3 aromatic carbocycles. The summed E-state index contributed by atoms with van der Waals surface area (Å²) in [5.41, 5.74) is 5.06. The Morgan fingerprint density at radius 2 is 1.78 bits per heavy atom. The third-order valence-electron chi connectivity index (χ3n) is 6.55. The van der Waals surface area contributed by atoms with E-state index >= 15 is 4.39 Å². The molecular formula is C28H26FN3O4S. The maximum atomic E-state index is 15.1. The Morgan fingerprint density at radius 3 is 2.46 bits per heavy atom. The van der Waals surface area contributed by atoms with Gasteiger partial charge in [0.25, 0.3) is 5.91 Å². The molecule has 190 valence electrons. The molecule has 0 spiro atoms. The molecule has 37 heavy (non-hydrogen) atoms. The van der Waals surface area contributed by atoms with Gasteiger partial charge in [-0.05, 0) is 53.4 Å². The summed E-state index contributed by atoms with van der Waals surface area (Å²) in [4.78, 5) is 14.7. The van der Waals surface area contributed by atoms with Crippen LogP contribution in [0, 0.1) is 5.82 Å². The first-order valence-corrected chi connectivity index (χ1v) is 13.8. The normalized spacial score (nSPS) is 13.5. The highest BCUT2D eigenvalue weighted by Gasteiger charge is 2.27. The van der Waals surface area contributed by atoms with E-state index in [1.54, 1.807) is 18.0 Å². The molecule has 2 heterocycles. The van der Waals surface area contributed by atoms with Gasteiger partial charge < -0.3 is 9.64 Å². The molecule has 9 heteroatoms. The average molecular weight is 520 g/mol. The summed E-state index contributed by atoms with van der Waals surface area (Å²) in [6, 6.07) is 18.5. The lowest BCUT2D eigenvalue weighted by atomic mass is 9.99. The van der Waals surface area contributed by atoms with Crippen LogP contribution in [0.25, 0.3) is 22.4 Å². The minimum Gasteiger partial charge on any atom is -0.491 e. The summed E-state index contributed by atoms with van der Waals surface area (Å²) in [5, 5.41) is 6.95. The maximum absolute atomic E-state index is 15.1. The van der Waals surface area contributed by atoms with Crippen LogP contribution in [-0.2, 0) is 22.8 Å². The SMILES string of the molecule is CCc1c(C(=O)N2CCOc3ccc(-c4ccc(-c5ccn[nH]5)cc4)cc3C2)ccc(S(C)(=O)=O)c1F. The van der Waals surface area contributed by atoms with Crippen LogP contribution in [-0.4, -0.2) is 48.8 Å². The summed E-state index contributed by atoms with van der Waals surface area (Å²) in [6.45, 7) is 2.60. The fourth-order valence-electron chi connectivity index (χ4n) is 4.61. The second-order valence-corrected chi connectivity index (χ2v) is 11.0. The molecule has 1 aliphatic rings. The smallest absolute Gasteiger partial charge is 0.254 e. The fourth-order valence-corrected chi connectivity index (χ4v) is 5.37. The maximum Gasteiger partial charge on any atom is 0.254 e. The molecule has 1 aromatic heterocycles. The lowest BCUT2D eigenvalue weighted by Gasteiger charge is -2.22. The lowest BCUT2D eigenvalue weighted by molar-refractivity contribution is 0.0731. The van der Waals surface area contributed by atoms with Gasteiger partial charge in [0.1, 0.15) is 23.1 Å². The van der Waals surface area contributed by atoms with Gasteiger partial charge in [-0.3, -0.25) is 9.89 Å². The Bertz CT molecular complexity index is 1570. The van der Waals surface area contributed by atoms with Gasteiger partial charge in [0.05, 0.1) is 12.2 Å². The highest BCUT2D eigenvalue weighted by molar-refractivity contribution is 7.90. The average Bonchev–Trinajstić information content (AvgIpc) is 3.34. The van der Waals surface area contributed by atoms with E-state index in [0.717, 1.165) is 34.2 Å². The number of rotatable bonds is 5. The van der Waals surface area contributed by atoms with Crippen LogP contribution in [0.3, 0.4) is 0 Å². The molecule has 5 rings (SSSR count). The highest BCUT2D eigenvalue weighted by atomic mass is 32.2. The number of carbonyl (C=O) groups is 1. The van der Waals surface area contributed by atoms with Crippen molar-refractivity contribution in [2.75, 3.05) is 19.4 Å². The molecule has 0 fully saturated rings. The molecule has 0 radical (unpaired) electrons. The van der Waals surface area contributed by atoms with E-state index in [0.29, 0.717) is 18.9 Å². The van der Waals surface area contributed by atoms with E-state index in [-0.39, 0.29) is 30.0 Å². The number of ether oxygens (including phenoxy) is 1. The Kier molecular flexibility index (Phi) is 6.55. The number of sulfone groups is 1. The predicted octanol–water partition coefficient (Wildman–Crippen LogP) is 4.88. The van der Waals surface area contributed by atoms with Crippen molar-refractivity contribution >= 4 is 15.7 Å². The Hall–Kier alpha value is -3.98. The summed E-state index contributed by atoms with van der Waals surface area (Å²) in [5.74, 6) is -0.521. The van der Waals surface area contributed by atoms with Gasteiger partial charge in [0.2, 0.25) is 0 Å². The topological polar surface area (TPSA) is 92.4 Å². The van der Waals surface area contributed by atoms with Gasteiger partial charge >= 0.3 is 0 Å². The number of halogens is 1. The Labute approximate surface area is 214 Å².